The second-order valence-electron chi connectivity index (χ2n) is 5.26. The number of carbonyl (C=O) groups excluding carboxylic acids is 2. The SMILES string of the molecule is COc1ccc(CNC(=O)COC(=O)C[C@H]2C=CCC2)cc1. The fourth-order valence-electron chi connectivity index (χ4n) is 2.28. The topological polar surface area (TPSA) is 64.6 Å². The predicted molar refractivity (Wildman–Crippen MR) is 82.3 cm³/mol. The van der Waals surface area contributed by atoms with Crippen molar-refractivity contribution in [1.29, 1.82) is 0 Å². The summed E-state index contributed by atoms with van der Waals surface area (Å²) in [6.45, 7) is 0.164. The Morgan fingerprint density at radius 1 is 1.27 bits per heavy atom. The Hall–Kier alpha value is -2.30. The van der Waals surface area contributed by atoms with Crippen molar-refractivity contribution in [3.8, 4) is 5.75 Å². The molecule has 0 heterocycles. The largest absolute Gasteiger partial charge is 0.497 e. The van der Waals surface area contributed by atoms with Crippen molar-refractivity contribution in [1.82, 2.24) is 5.32 Å². The van der Waals surface area contributed by atoms with Gasteiger partial charge in [0.25, 0.3) is 5.91 Å². The maximum atomic E-state index is 11.7. The number of allylic oxidation sites excluding steroid dienone is 2. The van der Waals surface area contributed by atoms with Gasteiger partial charge in [-0.3, -0.25) is 9.59 Å². The van der Waals surface area contributed by atoms with Gasteiger partial charge in [0.05, 0.1) is 13.5 Å². The fraction of sp³-hybridized carbons (Fsp3) is 0.412. The lowest BCUT2D eigenvalue weighted by Gasteiger charge is -2.09. The summed E-state index contributed by atoms with van der Waals surface area (Å²) in [7, 11) is 1.60. The van der Waals surface area contributed by atoms with Crippen LogP contribution in [-0.4, -0.2) is 25.6 Å². The van der Waals surface area contributed by atoms with Gasteiger partial charge in [-0.1, -0.05) is 24.3 Å². The third kappa shape index (κ3) is 5.24. The van der Waals surface area contributed by atoms with Crippen LogP contribution in [0.5, 0.6) is 5.75 Å². The molecule has 0 saturated carbocycles. The zero-order valence-corrected chi connectivity index (χ0v) is 12.7. The standard InChI is InChI=1S/C17H21NO4/c1-21-15-8-6-14(7-9-15)11-18-16(19)12-22-17(20)10-13-4-2-3-5-13/h2,4,6-9,13H,3,5,10-12H2,1H3,(H,18,19)/t13-/m0/s1. The van der Waals surface area contributed by atoms with Crippen LogP contribution < -0.4 is 10.1 Å². The molecule has 1 N–H and O–H groups in total. The van der Waals surface area contributed by atoms with E-state index in [2.05, 4.69) is 11.4 Å². The number of carbonyl (C=O) groups is 2. The van der Waals surface area contributed by atoms with Gasteiger partial charge in [-0.25, -0.2) is 0 Å². The van der Waals surface area contributed by atoms with E-state index in [1.54, 1.807) is 7.11 Å². The number of amides is 1. The van der Waals surface area contributed by atoms with E-state index in [-0.39, 0.29) is 24.4 Å². The van der Waals surface area contributed by atoms with Gasteiger partial charge >= 0.3 is 5.97 Å². The van der Waals surface area contributed by atoms with E-state index in [0.717, 1.165) is 24.2 Å². The van der Waals surface area contributed by atoms with Crippen LogP contribution in [0, 0.1) is 5.92 Å². The van der Waals surface area contributed by atoms with E-state index in [9.17, 15) is 9.59 Å². The molecule has 118 valence electrons. The highest BCUT2D eigenvalue weighted by atomic mass is 16.5. The lowest BCUT2D eigenvalue weighted by atomic mass is 10.1. The monoisotopic (exact) mass is 303 g/mol. The molecule has 1 aliphatic rings. The van der Waals surface area contributed by atoms with Crippen molar-refractivity contribution in [2.75, 3.05) is 13.7 Å². The molecule has 1 aromatic carbocycles. The number of hydrogen-bond donors (Lipinski definition) is 1. The molecule has 1 atom stereocenters. The van der Waals surface area contributed by atoms with Crippen LogP contribution in [0.3, 0.4) is 0 Å². The molecular weight excluding hydrogens is 282 g/mol. The molecule has 1 amide bonds. The van der Waals surface area contributed by atoms with Gasteiger partial charge in [-0.05, 0) is 36.5 Å². The Kier molecular flexibility index (Phi) is 6.01. The molecule has 0 aliphatic heterocycles. The Morgan fingerprint density at radius 3 is 2.68 bits per heavy atom. The van der Waals surface area contributed by atoms with Crippen LogP contribution in [-0.2, 0) is 20.9 Å². The van der Waals surface area contributed by atoms with Crippen LogP contribution >= 0.6 is 0 Å². The summed E-state index contributed by atoms with van der Waals surface area (Å²) in [5.41, 5.74) is 0.955. The predicted octanol–water partition coefficient (Wildman–Crippen LogP) is 2.21. The van der Waals surface area contributed by atoms with Crippen molar-refractivity contribution in [3.63, 3.8) is 0 Å². The van der Waals surface area contributed by atoms with Crippen molar-refractivity contribution < 1.29 is 19.1 Å². The molecule has 1 aliphatic carbocycles. The van der Waals surface area contributed by atoms with E-state index in [1.807, 2.05) is 30.3 Å². The van der Waals surface area contributed by atoms with Gasteiger partial charge in [0.2, 0.25) is 0 Å². The van der Waals surface area contributed by atoms with Crippen LogP contribution in [0.25, 0.3) is 0 Å². The zero-order chi connectivity index (χ0) is 15.8. The Morgan fingerprint density at radius 2 is 2.05 bits per heavy atom. The van der Waals surface area contributed by atoms with Gasteiger partial charge in [-0.15, -0.1) is 0 Å². The first-order chi connectivity index (χ1) is 10.7. The lowest BCUT2D eigenvalue weighted by Crippen LogP contribution is -2.28. The summed E-state index contributed by atoms with van der Waals surface area (Å²) < 4.78 is 10.1. The third-order valence-electron chi connectivity index (χ3n) is 3.55. The zero-order valence-electron chi connectivity index (χ0n) is 12.7. The van der Waals surface area contributed by atoms with E-state index >= 15 is 0 Å². The molecule has 22 heavy (non-hydrogen) atoms. The van der Waals surface area contributed by atoms with E-state index < -0.39 is 0 Å². The second kappa shape index (κ2) is 8.22. The molecule has 2 rings (SSSR count). The highest BCUT2D eigenvalue weighted by Crippen LogP contribution is 2.20. The number of hydrogen-bond acceptors (Lipinski definition) is 4. The Labute approximate surface area is 130 Å². The van der Waals surface area contributed by atoms with Gasteiger partial charge in [0.15, 0.2) is 6.61 Å². The lowest BCUT2D eigenvalue weighted by molar-refractivity contribution is -0.149. The first-order valence-electron chi connectivity index (χ1n) is 7.39. The maximum absolute atomic E-state index is 11.7. The molecule has 0 fully saturated rings. The minimum atomic E-state index is -0.323. The average molecular weight is 303 g/mol. The first-order valence-corrected chi connectivity index (χ1v) is 7.39. The van der Waals surface area contributed by atoms with Crippen LogP contribution in [0.4, 0.5) is 0 Å². The summed E-state index contributed by atoms with van der Waals surface area (Å²) in [6, 6.07) is 7.41. The molecule has 0 aromatic heterocycles. The van der Waals surface area contributed by atoms with E-state index in [1.165, 1.54) is 0 Å². The Bertz CT molecular complexity index is 536. The highest BCUT2D eigenvalue weighted by molar-refractivity contribution is 5.80. The molecule has 0 saturated heterocycles. The number of methoxy groups -OCH3 is 1. The number of nitrogens with one attached hydrogen (secondary N) is 1. The Balaban J connectivity index is 1.64. The maximum Gasteiger partial charge on any atom is 0.306 e. The average Bonchev–Trinajstić information content (AvgIpc) is 3.04. The van der Waals surface area contributed by atoms with Crippen LogP contribution in [0.2, 0.25) is 0 Å². The van der Waals surface area contributed by atoms with Gasteiger partial charge < -0.3 is 14.8 Å². The molecule has 5 heteroatoms. The van der Waals surface area contributed by atoms with Crippen LogP contribution in [0.15, 0.2) is 36.4 Å². The van der Waals surface area contributed by atoms with Crippen molar-refractivity contribution in [2.45, 2.75) is 25.8 Å². The molecule has 0 spiro atoms. The quantitative estimate of drug-likeness (QED) is 0.619. The number of esters is 1. The first kappa shape index (κ1) is 16.1. The molecule has 0 radical (unpaired) electrons. The van der Waals surface area contributed by atoms with E-state index in [0.29, 0.717) is 13.0 Å². The minimum absolute atomic E-state index is 0.231. The normalized spacial score (nSPS) is 16.3. The van der Waals surface area contributed by atoms with Gasteiger partial charge in [-0.2, -0.15) is 0 Å². The minimum Gasteiger partial charge on any atom is -0.497 e. The highest BCUT2D eigenvalue weighted by Gasteiger charge is 2.15. The molecule has 1 aromatic rings. The van der Waals surface area contributed by atoms with Crippen molar-refractivity contribution in [3.05, 3.63) is 42.0 Å². The summed E-state index contributed by atoms with van der Waals surface area (Å²) in [4.78, 5) is 23.3. The summed E-state index contributed by atoms with van der Waals surface area (Å²) in [5.74, 6) is 0.405. The summed E-state index contributed by atoms with van der Waals surface area (Å²) in [5, 5.41) is 2.71. The van der Waals surface area contributed by atoms with Crippen LogP contribution in [0.1, 0.15) is 24.8 Å². The summed E-state index contributed by atoms with van der Waals surface area (Å²) in [6.07, 6.45) is 6.45. The molecule has 5 nitrogen and oxygen atoms in total. The smallest absolute Gasteiger partial charge is 0.306 e. The number of benzene rings is 1. The summed E-state index contributed by atoms with van der Waals surface area (Å²) >= 11 is 0. The van der Waals surface area contributed by atoms with Gasteiger partial charge in [0, 0.05) is 6.54 Å². The fourth-order valence-corrected chi connectivity index (χ4v) is 2.28. The van der Waals surface area contributed by atoms with Gasteiger partial charge in [0.1, 0.15) is 5.75 Å². The number of rotatable bonds is 7. The molecule has 0 bridgehead atoms. The second-order valence-corrected chi connectivity index (χ2v) is 5.26. The number of ether oxygens (including phenoxy) is 2. The van der Waals surface area contributed by atoms with Crippen molar-refractivity contribution >= 4 is 11.9 Å². The third-order valence-corrected chi connectivity index (χ3v) is 3.55. The van der Waals surface area contributed by atoms with Crippen molar-refractivity contribution in [2.24, 2.45) is 5.92 Å². The van der Waals surface area contributed by atoms with E-state index in [4.69, 9.17) is 9.47 Å². The molecule has 0 unspecified atom stereocenters. The molecular formula is C17H21NO4.